The van der Waals surface area contributed by atoms with Gasteiger partial charge in [-0.15, -0.1) is 0 Å². The third kappa shape index (κ3) is 4.18. The molecule has 3 rings (SSSR count). The fourth-order valence-corrected chi connectivity index (χ4v) is 2.63. The van der Waals surface area contributed by atoms with Crippen molar-refractivity contribution in [3.8, 4) is 11.5 Å². The molecule has 0 saturated carbocycles. The number of hydrogen-bond acceptors (Lipinski definition) is 4. The Labute approximate surface area is 147 Å². The van der Waals surface area contributed by atoms with Crippen LogP contribution in [0.25, 0.3) is 0 Å². The first kappa shape index (κ1) is 17.0. The zero-order valence-electron chi connectivity index (χ0n) is 14.4. The van der Waals surface area contributed by atoms with Crippen LogP contribution in [-0.4, -0.2) is 18.5 Å². The first-order chi connectivity index (χ1) is 12.0. The molecule has 1 amide bonds. The molecule has 0 spiro atoms. The maximum atomic E-state index is 12.2. The first-order valence-electron chi connectivity index (χ1n) is 8.28. The molecule has 1 heterocycles. The van der Waals surface area contributed by atoms with E-state index in [9.17, 15) is 9.59 Å². The van der Waals surface area contributed by atoms with Crippen LogP contribution in [0.1, 0.15) is 39.9 Å². The molecule has 5 heteroatoms. The molecule has 2 aromatic carbocycles. The molecule has 2 aromatic rings. The second-order valence-electron chi connectivity index (χ2n) is 6.19. The van der Waals surface area contributed by atoms with E-state index in [2.05, 4.69) is 5.32 Å². The topological polar surface area (TPSA) is 64.6 Å². The number of hydrogen-bond donors (Lipinski definition) is 1. The summed E-state index contributed by atoms with van der Waals surface area (Å²) in [5.74, 6) is 1.25. The van der Waals surface area contributed by atoms with Crippen molar-refractivity contribution >= 4 is 11.7 Å². The van der Waals surface area contributed by atoms with Crippen LogP contribution in [-0.2, 0) is 11.3 Å². The third-order valence-electron chi connectivity index (χ3n) is 4.33. The van der Waals surface area contributed by atoms with Crippen LogP contribution >= 0.6 is 0 Å². The number of fused-ring (bicyclic) bond motifs is 1. The maximum absolute atomic E-state index is 12.2. The zero-order valence-corrected chi connectivity index (χ0v) is 14.4. The smallest absolute Gasteiger partial charge is 0.231 e. The van der Waals surface area contributed by atoms with Crippen molar-refractivity contribution in [1.29, 1.82) is 0 Å². The van der Waals surface area contributed by atoms with Crippen molar-refractivity contribution in [2.75, 3.05) is 6.79 Å². The Hall–Kier alpha value is -2.82. The lowest BCUT2D eigenvalue weighted by molar-refractivity contribution is -0.121. The Morgan fingerprint density at radius 1 is 0.960 bits per heavy atom. The lowest BCUT2D eigenvalue weighted by Crippen LogP contribution is -2.23. The molecule has 1 N–H and O–H groups in total. The highest BCUT2D eigenvalue weighted by Crippen LogP contribution is 2.32. The van der Waals surface area contributed by atoms with Gasteiger partial charge in [-0.2, -0.15) is 0 Å². The van der Waals surface area contributed by atoms with Crippen LogP contribution in [0.3, 0.4) is 0 Å². The largest absolute Gasteiger partial charge is 0.454 e. The molecule has 1 aliphatic rings. The minimum atomic E-state index is -0.144. The fourth-order valence-electron chi connectivity index (χ4n) is 2.63. The summed E-state index contributed by atoms with van der Waals surface area (Å²) in [6.07, 6.45) is 0.381. The second kappa shape index (κ2) is 7.38. The Morgan fingerprint density at radius 3 is 2.56 bits per heavy atom. The average Bonchev–Trinajstić information content (AvgIpc) is 3.08. The summed E-state index contributed by atoms with van der Waals surface area (Å²) in [6, 6.07) is 11.2. The normalized spacial score (nSPS) is 12.1. The van der Waals surface area contributed by atoms with E-state index in [0.29, 0.717) is 23.6 Å². The molecule has 0 saturated heterocycles. The molecule has 25 heavy (non-hydrogen) atoms. The molecule has 0 atom stereocenters. The van der Waals surface area contributed by atoms with Gasteiger partial charge in [-0.25, -0.2) is 0 Å². The van der Waals surface area contributed by atoms with E-state index >= 15 is 0 Å². The predicted molar refractivity (Wildman–Crippen MR) is 93.9 cm³/mol. The lowest BCUT2D eigenvalue weighted by atomic mass is 10.0. The van der Waals surface area contributed by atoms with Crippen LogP contribution in [0.4, 0.5) is 0 Å². The number of amides is 1. The van der Waals surface area contributed by atoms with Crippen LogP contribution in [0.5, 0.6) is 11.5 Å². The van der Waals surface area contributed by atoms with Gasteiger partial charge in [0.05, 0.1) is 0 Å². The summed E-state index contributed by atoms with van der Waals surface area (Å²) in [5.41, 5.74) is 3.82. The highest BCUT2D eigenvalue weighted by Gasteiger charge is 2.14. The Kier molecular flexibility index (Phi) is 5.03. The molecule has 0 unspecified atom stereocenters. The number of rotatable bonds is 6. The minimum absolute atomic E-state index is 0.0127. The van der Waals surface area contributed by atoms with E-state index in [1.54, 1.807) is 0 Å². The average molecular weight is 339 g/mol. The van der Waals surface area contributed by atoms with Gasteiger partial charge in [0.1, 0.15) is 0 Å². The molecule has 5 nitrogen and oxygen atoms in total. The van der Waals surface area contributed by atoms with E-state index in [-0.39, 0.29) is 31.3 Å². The summed E-state index contributed by atoms with van der Waals surface area (Å²) < 4.78 is 10.6. The third-order valence-corrected chi connectivity index (χ3v) is 4.33. The Morgan fingerprint density at radius 2 is 1.76 bits per heavy atom. The molecule has 0 aliphatic carbocycles. The highest BCUT2D eigenvalue weighted by atomic mass is 16.7. The van der Waals surface area contributed by atoms with E-state index in [1.807, 2.05) is 50.2 Å². The van der Waals surface area contributed by atoms with Gasteiger partial charge >= 0.3 is 0 Å². The van der Waals surface area contributed by atoms with Gasteiger partial charge in [0, 0.05) is 24.9 Å². The number of ketones is 1. The fraction of sp³-hybridized carbons (Fsp3) is 0.300. The minimum Gasteiger partial charge on any atom is -0.454 e. The standard InChI is InChI=1S/C20H21NO4/c1-13-3-5-16(9-14(13)2)17(22)6-8-20(23)21-11-15-4-7-18-19(10-15)25-12-24-18/h3-5,7,9-10H,6,8,11-12H2,1-2H3,(H,21,23). The Balaban J connectivity index is 1.47. The number of Topliss-reactive ketones (excluding diaryl/α,β-unsaturated/α-hetero) is 1. The van der Waals surface area contributed by atoms with E-state index in [4.69, 9.17) is 9.47 Å². The quantitative estimate of drug-likeness (QED) is 0.820. The van der Waals surface area contributed by atoms with E-state index in [0.717, 1.165) is 16.7 Å². The summed E-state index contributed by atoms with van der Waals surface area (Å²) >= 11 is 0. The van der Waals surface area contributed by atoms with Crippen molar-refractivity contribution in [3.63, 3.8) is 0 Å². The number of aryl methyl sites for hydroxylation is 2. The van der Waals surface area contributed by atoms with Crippen molar-refractivity contribution in [2.24, 2.45) is 0 Å². The van der Waals surface area contributed by atoms with Crippen molar-refractivity contribution in [1.82, 2.24) is 5.32 Å². The summed E-state index contributed by atoms with van der Waals surface area (Å²) in [5, 5.41) is 2.83. The number of carbonyl (C=O) groups excluding carboxylic acids is 2. The van der Waals surface area contributed by atoms with Gasteiger partial charge in [0.2, 0.25) is 12.7 Å². The van der Waals surface area contributed by atoms with Gasteiger partial charge in [0.25, 0.3) is 0 Å². The first-order valence-corrected chi connectivity index (χ1v) is 8.28. The van der Waals surface area contributed by atoms with Crippen LogP contribution in [0.2, 0.25) is 0 Å². The van der Waals surface area contributed by atoms with Crippen LogP contribution in [0.15, 0.2) is 36.4 Å². The Bertz CT molecular complexity index is 813. The SMILES string of the molecule is Cc1ccc(C(=O)CCC(=O)NCc2ccc3c(c2)OCO3)cc1C. The van der Waals surface area contributed by atoms with Gasteiger partial charge in [-0.05, 0) is 48.7 Å². The summed E-state index contributed by atoms with van der Waals surface area (Å²) in [6.45, 7) is 4.61. The van der Waals surface area contributed by atoms with Gasteiger partial charge in [-0.3, -0.25) is 9.59 Å². The molecular formula is C20H21NO4. The summed E-state index contributed by atoms with van der Waals surface area (Å²) in [4.78, 5) is 24.2. The number of nitrogens with one attached hydrogen (secondary N) is 1. The molecule has 0 radical (unpaired) electrons. The number of carbonyl (C=O) groups is 2. The molecular weight excluding hydrogens is 318 g/mol. The molecule has 1 aliphatic heterocycles. The maximum Gasteiger partial charge on any atom is 0.231 e. The van der Waals surface area contributed by atoms with Crippen molar-refractivity contribution in [3.05, 3.63) is 58.7 Å². The van der Waals surface area contributed by atoms with Gasteiger partial charge < -0.3 is 14.8 Å². The summed E-state index contributed by atoms with van der Waals surface area (Å²) in [7, 11) is 0. The molecule has 0 aromatic heterocycles. The zero-order chi connectivity index (χ0) is 17.8. The number of benzene rings is 2. The molecule has 130 valence electrons. The van der Waals surface area contributed by atoms with Gasteiger partial charge in [-0.1, -0.05) is 18.2 Å². The van der Waals surface area contributed by atoms with E-state index in [1.165, 1.54) is 0 Å². The number of ether oxygens (including phenoxy) is 2. The monoisotopic (exact) mass is 339 g/mol. The molecule has 0 bridgehead atoms. The highest BCUT2D eigenvalue weighted by molar-refractivity contribution is 5.98. The van der Waals surface area contributed by atoms with Crippen molar-refractivity contribution < 1.29 is 19.1 Å². The van der Waals surface area contributed by atoms with Crippen LogP contribution in [0, 0.1) is 13.8 Å². The van der Waals surface area contributed by atoms with E-state index < -0.39 is 0 Å². The predicted octanol–water partition coefficient (Wildman–Crippen LogP) is 3.31. The van der Waals surface area contributed by atoms with Gasteiger partial charge in [0.15, 0.2) is 17.3 Å². The van der Waals surface area contributed by atoms with Crippen LogP contribution < -0.4 is 14.8 Å². The lowest BCUT2D eigenvalue weighted by Gasteiger charge is -2.07. The molecule has 0 fully saturated rings. The van der Waals surface area contributed by atoms with Crippen molar-refractivity contribution in [2.45, 2.75) is 33.2 Å². The second-order valence-corrected chi connectivity index (χ2v) is 6.19.